The van der Waals surface area contributed by atoms with Crippen LogP contribution in [0.4, 0.5) is 5.69 Å². The van der Waals surface area contributed by atoms with Crippen molar-refractivity contribution in [2.75, 3.05) is 17.6 Å². The van der Waals surface area contributed by atoms with Gasteiger partial charge in [-0.05, 0) is 51.7 Å². The van der Waals surface area contributed by atoms with Crippen LogP contribution in [0.3, 0.4) is 0 Å². The molecule has 0 aliphatic carbocycles. The van der Waals surface area contributed by atoms with Crippen LogP contribution in [-0.2, 0) is 15.0 Å². The first-order valence-corrected chi connectivity index (χ1v) is 12.5. The summed E-state index contributed by atoms with van der Waals surface area (Å²) in [6, 6.07) is 10.0. The number of hydrogen-bond donors (Lipinski definition) is 3. The van der Waals surface area contributed by atoms with Crippen molar-refractivity contribution in [3.05, 3.63) is 57.6 Å². The number of halogens is 2. The molecule has 3 N–H and O–H groups in total. The van der Waals surface area contributed by atoms with E-state index < -0.39 is 11.9 Å². The van der Waals surface area contributed by atoms with Crippen molar-refractivity contribution in [1.29, 1.82) is 0 Å². The van der Waals surface area contributed by atoms with Gasteiger partial charge in [-0.3, -0.25) is 14.4 Å². The molecule has 13 heteroatoms. The second-order valence-electron chi connectivity index (χ2n) is 8.72. The fraction of sp³-hybridized carbons (Fsp3) is 0.304. The Hall–Kier alpha value is -3.15. The van der Waals surface area contributed by atoms with E-state index in [9.17, 15) is 14.4 Å². The molecule has 0 spiro atoms. The molecule has 0 unspecified atom stereocenters. The number of carbonyl (C=O) groups is 3. The summed E-state index contributed by atoms with van der Waals surface area (Å²) in [5.74, 6) is -1.84. The molecule has 3 aromatic rings. The summed E-state index contributed by atoms with van der Waals surface area (Å²) in [4.78, 5) is 35.2. The molecule has 3 rings (SSSR count). The lowest BCUT2D eigenvalue weighted by Gasteiger charge is -2.20. The summed E-state index contributed by atoms with van der Waals surface area (Å²) in [5, 5.41) is 26.6. The van der Waals surface area contributed by atoms with Gasteiger partial charge in [0.15, 0.2) is 0 Å². The van der Waals surface area contributed by atoms with Crippen molar-refractivity contribution in [2.24, 2.45) is 0 Å². The third-order valence-electron chi connectivity index (χ3n) is 4.94. The molecule has 2 amide bonds. The highest BCUT2D eigenvalue weighted by molar-refractivity contribution is 7.99. The Kier molecular flexibility index (Phi) is 8.93. The zero-order valence-electron chi connectivity index (χ0n) is 19.7. The molecular formula is C23H24Cl2N6O4S. The number of nitrogens with zero attached hydrogens (tertiary/aromatic N) is 4. The molecule has 1 heterocycles. The Morgan fingerprint density at radius 1 is 1.08 bits per heavy atom. The minimum Gasteiger partial charge on any atom is -0.481 e. The van der Waals surface area contributed by atoms with Crippen LogP contribution in [0.1, 0.15) is 43.1 Å². The largest absolute Gasteiger partial charge is 0.481 e. The lowest BCUT2D eigenvalue weighted by molar-refractivity contribution is -0.136. The molecule has 190 valence electrons. The average molecular weight is 551 g/mol. The number of carboxylic acid groups (broad SMARTS) is 1. The fourth-order valence-corrected chi connectivity index (χ4v) is 4.20. The summed E-state index contributed by atoms with van der Waals surface area (Å²) in [6.45, 7) is 6.26. The van der Waals surface area contributed by atoms with Crippen molar-refractivity contribution >= 4 is 58.4 Å². The van der Waals surface area contributed by atoms with E-state index in [0.717, 1.165) is 17.3 Å². The highest BCUT2D eigenvalue weighted by atomic mass is 35.5. The number of thioether (sulfide) groups is 1. The molecular weight excluding hydrogens is 527 g/mol. The highest BCUT2D eigenvalue weighted by Gasteiger charge is 2.19. The molecule has 1 aromatic heterocycles. The van der Waals surface area contributed by atoms with Gasteiger partial charge in [0.25, 0.3) is 5.91 Å². The van der Waals surface area contributed by atoms with Crippen LogP contribution >= 0.6 is 35.0 Å². The number of hydrogen-bond acceptors (Lipinski definition) is 7. The van der Waals surface area contributed by atoms with E-state index in [2.05, 4.69) is 46.9 Å². The number of amides is 2. The number of rotatable bonds is 9. The molecule has 36 heavy (non-hydrogen) atoms. The first-order chi connectivity index (χ1) is 17.0. The van der Waals surface area contributed by atoms with Gasteiger partial charge in [-0.1, -0.05) is 61.8 Å². The number of aliphatic carboxylic acids is 1. The van der Waals surface area contributed by atoms with E-state index >= 15 is 0 Å². The fourth-order valence-electron chi connectivity index (χ4n) is 3.02. The standard InChI is InChI=1S/C23H24Cl2N6O4S/c1-23(2,3)14-5-7-18(16(25)11-14)31-22(28-29-30-31)36-12-19(32)27-17-6-4-13(10-15(17)24)21(35)26-9-8-20(33)34/h4-7,10-11H,8-9,12H2,1-3H3,(H,26,35)(H,27,32)(H,33,34). The second-order valence-corrected chi connectivity index (χ2v) is 10.5. The molecule has 0 bridgehead atoms. The van der Waals surface area contributed by atoms with E-state index in [1.54, 1.807) is 0 Å². The average Bonchev–Trinajstić information content (AvgIpc) is 3.26. The molecule has 10 nitrogen and oxygen atoms in total. The van der Waals surface area contributed by atoms with Crippen molar-refractivity contribution in [2.45, 2.75) is 37.8 Å². The first-order valence-electron chi connectivity index (χ1n) is 10.8. The summed E-state index contributed by atoms with van der Waals surface area (Å²) in [5.41, 5.74) is 2.16. The van der Waals surface area contributed by atoms with Gasteiger partial charge in [-0.15, -0.1) is 5.10 Å². The molecule has 0 aliphatic rings. The number of anilines is 1. The third kappa shape index (κ3) is 7.19. The van der Waals surface area contributed by atoms with Crippen molar-refractivity contribution < 1.29 is 19.5 Å². The van der Waals surface area contributed by atoms with Crippen LogP contribution in [0.5, 0.6) is 0 Å². The maximum atomic E-state index is 12.5. The van der Waals surface area contributed by atoms with Crippen LogP contribution in [0.2, 0.25) is 10.0 Å². The monoisotopic (exact) mass is 550 g/mol. The predicted octanol–water partition coefficient (Wildman–Crippen LogP) is 4.20. The van der Waals surface area contributed by atoms with E-state index in [-0.39, 0.29) is 40.6 Å². The maximum Gasteiger partial charge on any atom is 0.305 e. The molecule has 0 atom stereocenters. The van der Waals surface area contributed by atoms with Crippen molar-refractivity contribution in [3.63, 3.8) is 0 Å². The second kappa shape index (κ2) is 11.7. The smallest absolute Gasteiger partial charge is 0.305 e. The minimum atomic E-state index is -1.01. The van der Waals surface area contributed by atoms with Gasteiger partial charge in [0, 0.05) is 12.1 Å². The van der Waals surface area contributed by atoms with Crippen LogP contribution in [0.25, 0.3) is 5.69 Å². The number of carbonyl (C=O) groups excluding carboxylic acids is 2. The summed E-state index contributed by atoms with van der Waals surface area (Å²) < 4.78 is 1.47. The highest BCUT2D eigenvalue weighted by Crippen LogP contribution is 2.30. The van der Waals surface area contributed by atoms with Gasteiger partial charge >= 0.3 is 5.97 Å². The molecule has 0 saturated carbocycles. The quantitative estimate of drug-likeness (QED) is 0.337. The predicted molar refractivity (Wildman–Crippen MR) is 138 cm³/mol. The van der Waals surface area contributed by atoms with Gasteiger partial charge in [-0.25, -0.2) is 0 Å². The molecule has 0 radical (unpaired) electrons. The zero-order chi connectivity index (χ0) is 26.5. The van der Waals surface area contributed by atoms with Gasteiger partial charge in [0.2, 0.25) is 11.1 Å². The Bertz CT molecular complexity index is 1290. The van der Waals surface area contributed by atoms with Gasteiger partial charge in [0.1, 0.15) is 0 Å². The third-order valence-corrected chi connectivity index (χ3v) is 6.48. The number of aromatic nitrogens is 4. The van der Waals surface area contributed by atoms with Crippen LogP contribution in [-0.4, -0.2) is 55.4 Å². The normalized spacial score (nSPS) is 11.2. The molecule has 0 aliphatic heterocycles. The topological polar surface area (TPSA) is 139 Å². The van der Waals surface area contributed by atoms with Crippen molar-refractivity contribution in [3.8, 4) is 5.69 Å². The Morgan fingerprint density at radius 2 is 1.83 bits per heavy atom. The number of carboxylic acids is 1. The number of tetrazole rings is 1. The number of nitrogens with one attached hydrogen (secondary N) is 2. The summed E-state index contributed by atoms with van der Waals surface area (Å²) >= 11 is 13.8. The lowest BCUT2D eigenvalue weighted by Crippen LogP contribution is -2.26. The van der Waals surface area contributed by atoms with E-state index in [1.807, 2.05) is 18.2 Å². The van der Waals surface area contributed by atoms with Crippen LogP contribution < -0.4 is 10.6 Å². The number of benzene rings is 2. The Labute approximate surface area is 221 Å². The Balaban J connectivity index is 1.62. The summed E-state index contributed by atoms with van der Waals surface area (Å²) in [7, 11) is 0. The minimum absolute atomic E-state index is 0.00703. The van der Waals surface area contributed by atoms with E-state index in [1.165, 1.54) is 22.9 Å². The Morgan fingerprint density at radius 3 is 2.47 bits per heavy atom. The molecule has 0 fully saturated rings. The first kappa shape index (κ1) is 27.4. The van der Waals surface area contributed by atoms with E-state index in [0.29, 0.717) is 21.6 Å². The zero-order valence-corrected chi connectivity index (χ0v) is 22.0. The van der Waals surface area contributed by atoms with Gasteiger partial charge < -0.3 is 15.7 Å². The van der Waals surface area contributed by atoms with Gasteiger partial charge in [0.05, 0.1) is 33.6 Å². The van der Waals surface area contributed by atoms with E-state index in [4.69, 9.17) is 28.3 Å². The van der Waals surface area contributed by atoms with Crippen LogP contribution in [0.15, 0.2) is 41.6 Å². The molecule has 0 saturated heterocycles. The summed E-state index contributed by atoms with van der Waals surface area (Å²) in [6.07, 6.45) is -0.191. The lowest BCUT2D eigenvalue weighted by atomic mass is 9.87. The molecule has 2 aromatic carbocycles. The van der Waals surface area contributed by atoms with Crippen LogP contribution in [0, 0.1) is 0 Å². The van der Waals surface area contributed by atoms with Gasteiger partial charge in [-0.2, -0.15) is 4.68 Å². The SMILES string of the molecule is CC(C)(C)c1ccc(-n2nnnc2SCC(=O)Nc2ccc(C(=O)NCCC(=O)O)cc2Cl)c(Cl)c1. The maximum absolute atomic E-state index is 12.5. The van der Waals surface area contributed by atoms with Crippen molar-refractivity contribution in [1.82, 2.24) is 25.5 Å².